The van der Waals surface area contributed by atoms with Crippen molar-refractivity contribution >= 4 is 107 Å². The first-order valence-corrected chi connectivity index (χ1v) is 20.7. The van der Waals surface area contributed by atoms with Crippen LogP contribution in [-0.4, -0.2) is 23.1 Å². The van der Waals surface area contributed by atoms with E-state index in [2.05, 4.69) is 70.7 Å². The average Bonchev–Trinajstić information content (AvgIpc) is 3.98. The van der Waals surface area contributed by atoms with E-state index in [1.54, 1.807) is 34.8 Å². The molecule has 7 aromatic rings. The first-order valence-electron chi connectivity index (χ1n) is 19.1. The Morgan fingerprint density at radius 3 is 1.30 bits per heavy atom. The van der Waals surface area contributed by atoms with E-state index in [0.717, 1.165) is 53.2 Å². The average molecular weight is 775 g/mol. The molecule has 0 saturated carbocycles. The monoisotopic (exact) mass is 774 g/mol. The normalized spacial score (nSPS) is 18.0. The first-order chi connectivity index (χ1) is 27.2. The van der Waals surface area contributed by atoms with E-state index in [-0.39, 0.29) is 45.1 Å². The lowest BCUT2D eigenvalue weighted by Crippen LogP contribution is -2.16. The van der Waals surface area contributed by atoms with E-state index in [1.165, 1.54) is 32.0 Å². The predicted octanol–water partition coefficient (Wildman–Crippen LogP) is 12.6. The number of aryl methyl sites for hydroxylation is 1. The third-order valence-electron chi connectivity index (χ3n) is 12.8. The first kappa shape index (κ1) is 34.2. The van der Waals surface area contributed by atoms with Gasteiger partial charge in [-0.1, -0.05) is 70.7 Å². The molecule has 4 aliphatic carbocycles. The Morgan fingerprint density at radius 1 is 0.509 bits per heavy atom. The molecule has 11 rings (SSSR count). The number of hydrogen-bond acceptors (Lipinski definition) is 6. The quantitative estimate of drug-likeness (QED) is 0.102. The lowest BCUT2D eigenvalue weighted by Gasteiger charge is -2.23. The van der Waals surface area contributed by atoms with E-state index in [1.807, 2.05) is 61.5 Å². The minimum absolute atomic E-state index is 0.204. The van der Waals surface area contributed by atoms with Gasteiger partial charge >= 0.3 is 0 Å². The minimum Gasteiger partial charge on any atom is -0.288 e. The van der Waals surface area contributed by atoms with Crippen LogP contribution in [0.5, 0.6) is 0 Å². The number of thiophene rings is 2. The smallest absolute Gasteiger partial charge is 0.197 e. The van der Waals surface area contributed by atoms with Crippen molar-refractivity contribution in [1.82, 2.24) is 0 Å². The predicted molar refractivity (Wildman–Crippen MR) is 235 cm³/mol. The van der Waals surface area contributed by atoms with Crippen LogP contribution in [0.25, 0.3) is 61.7 Å². The Bertz CT molecular complexity index is 3200. The van der Waals surface area contributed by atoms with Crippen LogP contribution in [-0.2, 0) is 10.8 Å². The number of fused-ring (bicyclic) bond motifs is 9. The second-order valence-corrected chi connectivity index (χ2v) is 19.0. The third kappa shape index (κ3) is 4.54. The summed E-state index contributed by atoms with van der Waals surface area (Å²) >= 11 is 3.27. The van der Waals surface area contributed by atoms with Crippen LogP contribution < -0.4 is 0 Å². The molecule has 4 aliphatic rings. The third-order valence-corrected chi connectivity index (χ3v) is 15.0. The summed E-state index contributed by atoms with van der Waals surface area (Å²) in [5.41, 5.74) is 8.53. The Labute approximate surface area is 337 Å². The highest BCUT2D eigenvalue weighted by molar-refractivity contribution is 7.16. The van der Waals surface area contributed by atoms with Crippen LogP contribution in [0, 0.1) is 6.92 Å². The van der Waals surface area contributed by atoms with Crippen LogP contribution in [0.4, 0.5) is 0 Å². The fourth-order valence-corrected chi connectivity index (χ4v) is 12.7. The summed E-state index contributed by atoms with van der Waals surface area (Å²) in [5, 5.41) is 5.92. The molecule has 0 spiro atoms. The van der Waals surface area contributed by atoms with E-state index >= 15 is 0 Å². The van der Waals surface area contributed by atoms with Crippen molar-refractivity contribution < 1.29 is 19.2 Å². The van der Waals surface area contributed by atoms with Crippen LogP contribution in [0.15, 0.2) is 103 Å². The largest absolute Gasteiger partial charge is 0.288 e. The van der Waals surface area contributed by atoms with Gasteiger partial charge < -0.3 is 0 Å². The van der Waals surface area contributed by atoms with Gasteiger partial charge in [-0.15, -0.1) is 22.7 Å². The highest BCUT2D eigenvalue weighted by Gasteiger charge is 2.52. The van der Waals surface area contributed by atoms with Crippen molar-refractivity contribution in [2.75, 3.05) is 0 Å². The second-order valence-electron chi connectivity index (χ2n) is 16.8. The Balaban J connectivity index is 0.943. The van der Waals surface area contributed by atoms with Gasteiger partial charge in [0.15, 0.2) is 23.1 Å². The van der Waals surface area contributed by atoms with Crippen LogP contribution in [0.2, 0.25) is 0 Å². The van der Waals surface area contributed by atoms with E-state index in [9.17, 15) is 19.2 Å². The van der Waals surface area contributed by atoms with Gasteiger partial charge in [-0.05, 0) is 139 Å². The summed E-state index contributed by atoms with van der Waals surface area (Å²) < 4.78 is 0. The Kier molecular flexibility index (Phi) is 6.77. The van der Waals surface area contributed by atoms with Gasteiger partial charge in [-0.2, -0.15) is 0 Å². The maximum atomic E-state index is 13.8. The maximum absolute atomic E-state index is 13.8. The summed E-state index contributed by atoms with van der Waals surface area (Å²) in [6, 6.07) is 28.1. The Hall–Kier alpha value is -6.08. The number of rotatable bonds is 3. The molecule has 0 saturated heterocycles. The van der Waals surface area contributed by atoms with E-state index in [4.69, 9.17) is 0 Å². The molecule has 274 valence electrons. The molecule has 0 atom stereocenters. The molecule has 57 heavy (non-hydrogen) atoms. The summed E-state index contributed by atoms with van der Waals surface area (Å²) in [7, 11) is 0. The highest BCUT2D eigenvalue weighted by atomic mass is 32.1. The zero-order chi connectivity index (χ0) is 39.4. The minimum atomic E-state index is -0.348. The van der Waals surface area contributed by atoms with Crippen LogP contribution >= 0.6 is 22.7 Å². The Morgan fingerprint density at radius 2 is 0.895 bits per heavy atom. The van der Waals surface area contributed by atoms with Crippen molar-refractivity contribution in [1.29, 1.82) is 0 Å². The number of ketones is 4. The molecular formula is C51H34O4S2. The lowest BCUT2D eigenvalue weighted by molar-refractivity contribution is 0.0975. The van der Waals surface area contributed by atoms with Gasteiger partial charge in [0.1, 0.15) is 0 Å². The highest BCUT2D eigenvalue weighted by Crippen LogP contribution is 2.66. The number of allylic oxidation sites excluding steroid dienone is 4. The van der Waals surface area contributed by atoms with Gasteiger partial charge in [0, 0.05) is 52.6 Å². The molecule has 0 radical (unpaired) electrons. The maximum Gasteiger partial charge on any atom is 0.197 e. The van der Waals surface area contributed by atoms with E-state index in [0.29, 0.717) is 22.3 Å². The van der Waals surface area contributed by atoms with Crippen molar-refractivity contribution in [3.05, 3.63) is 167 Å². The fraction of sp³-hybridized carbons (Fsp3) is 0.137. The molecule has 5 aromatic carbocycles. The summed E-state index contributed by atoms with van der Waals surface area (Å²) in [6.07, 6.45) is 5.39. The topological polar surface area (TPSA) is 68.3 Å². The van der Waals surface area contributed by atoms with Gasteiger partial charge in [0.2, 0.25) is 0 Å². The van der Waals surface area contributed by atoms with Crippen molar-refractivity contribution in [2.24, 2.45) is 0 Å². The van der Waals surface area contributed by atoms with Gasteiger partial charge in [-0.3, -0.25) is 19.2 Å². The van der Waals surface area contributed by atoms with Crippen molar-refractivity contribution in [2.45, 2.75) is 45.4 Å². The molecule has 0 N–H and O–H groups in total. The summed E-state index contributed by atoms with van der Waals surface area (Å²) in [6.45, 7) is 14.9. The molecular weight excluding hydrogens is 741 g/mol. The van der Waals surface area contributed by atoms with Crippen LogP contribution in [0.1, 0.15) is 111 Å². The molecule has 6 heteroatoms. The zero-order valence-electron chi connectivity index (χ0n) is 32.0. The summed E-state index contributed by atoms with van der Waals surface area (Å²) in [5.74, 6) is -0.922. The van der Waals surface area contributed by atoms with Gasteiger partial charge in [0.05, 0.1) is 11.1 Å². The molecule has 0 amide bonds. The number of hydrogen-bond donors (Lipinski definition) is 0. The van der Waals surface area contributed by atoms with Gasteiger partial charge in [-0.25, -0.2) is 0 Å². The van der Waals surface area contributed by atoms with Gasteiger partial charge in [0.25, 0.3) is 0 Å². The van der Waals surface area contributed by atoms with Crippen molar-refractivity contribution in [3.8, 4) is 0 Å². The number of carbonyl (C=O) groups is 4. The molecule has 4 nitrogen and oxygen atoms in total. The van der Waals surface area contributed by atoms with Crippen molar-refractivity contribution in [3.63, 3.8) is 0 Å². The SMILES string of the molecule is C=Cc1cc2cc3c(cc2cc1C)C(=O)/C(=C/c1cc2c(s1)C1=C(c4sc(C=C5C(=O)c6cc7cc8ccccc8cc7cc6C5=O)cc4C1(C)C)C2(C)C)C3=O. The molecule has 2 aromatic heterocycles. The number of Topliss-reactive ketones (excluding diaryl/α,β-unsaturated/α-hetero) is 4. The fourth-order valence-electron chi connectivity index (χ4n) is 9.73. The molecule has 0 fully saturated rings. The van der Waals surface area contributed by atoms with E-state index < -0.39 is 0 Å². The number of benzene rings is 5. The zero-order valence-corrected chi connectivity index (χ0v) is 33.6. The second kappa shape index (κ2) is 11.3. The standard InChI is InChI=1S/C51H34O4S2/c1-7-25-13-29-17-35-34(16-28(29)12-24(25)2)44(52)38(45(35)53)20-32-22-40-48(56-32)42-43(50(40,3)4)49-41(51(42,5)6)23-33(57-49)21-39-46(54)36-18-30-14-26-10-8-9-11-27(26)15-31(30)19-37(36)47(39)55/h7-23H,1H2,2-6H3/b38-20-. The summed E-state index contributed by atoms with van der Waals surface area (Å²) in [4.78, 5) is 59.3. The number of carbonyl (C=O) groups excluding carboxylic acids is 4. The molecule has 0 bridgehead atoms. The molecule has 0 unspecified atom stereocenters. The molecule has 2 heterocycles. The molecule has 0 aliphatic heterocycles. The lowest BCUT2D eigenvalue weighted by atomic mass is 9.80. The van der Waals surface area contributed by atoms with Crippen LogP contribution in [0.3, 0.4) is 0 Å².